The van der Waals surface area contributed by atoms with Crippen molar-refractivity contribution in [3.8, 4) is 0 Å². The van der Waals surface area contributed by atoms with Crippen LogP contribution in [0.25, 0.3) is 0 Å². The van der Waals surface area contributed by atoms with Gasteiger partial charge < -0.3 is 15.1 Å². The molecular weight excluding hydrogens is 222 g/mol. The number of carbonyl (C=O) groups is 2. The molecule has 2 atom stereocenters. The molecule has 5 heteroatoms. The van der Waals surface area contributed by atoms with Crippen LogP contribution < -0.4 is 0 Å². The minimum absolute atomic E-state index is 0.112. The third kappa shape index (κ3) is 4.73. The van der Waals surface area contributed by atoms with Crippen LogP contribution in [-0.2, 0) is 9.59 Å². The zero-order chi connectivity index (χ0) is 13.6. The summed E-state index contributed by atoms with van der Waals surface area (Å²) in [5.41, 5.74) is 0. The number of aliphatic carboxylic acids is 1. The van der Waals surface area contributed by atoms with E-state index >= 15 is 0 Å². The molecule has 0 aromatic heterocycles. The van der Waals surface area contributed by atoms with Gasteiger partial charge in [0.1, 0.15) is 0 Å². The fraction of sp³-hybridized carbons (Fsp3) is 0.833. The molecule has 0 saturated carbocycles. The standard InChI is InChI=1S/C12H23NO4/c1-5-10(7-14)13(11(15)8(2)3)6-9(4)12(16)17/h8-10,14H,5-7H2,1-4H3,(H,16,17). The summed E-state index contributed by atoms with van der Waals surface area (Å²) in [6.45, 7) is 6.97. The first-order valence-corrected chi connectivity index (χ1v) is 5.99. The minimum atomic E-state index is -0.931. The molecule has 0 aromatic rings. The Morgan fingerprint density at radius 1 is 1.24 bits per heavy atom. The lowest BCUT2D eigenvalue weighted by Crippen LogP contribution is -2.47. The molecule has 0 rings (SSSR count). The number of carboxylic acid groups (broad SMARTS) is 1. The summed E-state index contributed by atoms with van der Waals surface area (Å²) in [6, 6.07) is -0.299. The van der Waals surface area contributed by atoms with Crippen LogP contribution >= 0.6 is 0 Å². The van der Waals surface area contributed by atoms with E-state index in [1.165, 1.54) is 4.90 Å². The predicted molar refractivity (Wildman–Crippen MR) is 64.5 cm³/mol. The summed E-state index contributed by atoms with van der Waals surface area (Å²) >= 11 is 0. The zero-order valence-corrected chi connectivity index (χ0v) is 11.0. The van der Waals surface area contributed by atoms with Crippen molar-refractivity contribution < 1.29 is 19.8 Å². The van der Waals surface area contributed by atoms with Crippen LogP contribution in [0.5, 0.6) is 0 Å². The Bertz CT molecular complexity index is 261. The molecular formula is C12H23NO4. The third-order valence-corrected chi connectivity index (χ3v) is 2.79. The second-order valence-electron chi connectivity index (χ2n) is 4.63. The smallest absolute Gasteiger partial charge is 0.308 e. The van der Waals surface area contributed by atoms with Gasteiger partial charge in [0.2, 0.25) is 5.91 Å². The molecule has 0 aliphatic carbocycles. The highest BCUT2D eigenvalue weighted by Gasteiger charge is 2.27. The van der Waals surface area contributed by atoms with E-state index in [1.54, 1.807) is 20.8 Å². The quantitative estimate of drug-likeness (QED) is 0.700. The van der Waals surface area contributed by atoms with Gasteiger partial charge >= 0.3 is 5.97 Å². The molecule has 0 fully saturated rings. The lowest BCUT2D eigenvalue weighted by molar-refractivity contribution is -0.145. The summed E-state index contributed by atoms with van der Waals surface area (Å²) in [6.07, 6.45) is 0.612. The number of aliphatic hydroxyl groups excluding tert-OH is 1. The number of nitrogens with zero attached hydrogens (tertiary/aromatic N) is 1. The van der Waals surface area contributed by atoms with Gasteiger partial charge in [0, 0.05) is 12.5 Å². The molecule has 2 N–H and O–H groups in total. The third-order valence-electron chi connectivity index (χ3n) is 2.79. The Balaban J connectivity index is 4.84. The number of carboxylic acids is 1. The molecule has 0 aliphatic heterocycles. The van der Waals surface area contributed by atoms with Crippen molar-refractivity contribution in [2.45, 2.75) is 40.2 Å². The molecule has 0 saturated heterocycles. The molecule has 0 radical (unpaired) electrons. The van der Waals surface area contributed by atoms with Crippen molar-refractivity contribution in [1.29, 1.82) is 0 Å². The molecule has 17 heavy (non-hydrogen) atoms. The van der Waals surface area contributed by atoms with Gasteiger partial charge in [0.05, 0.1) is 18.6 Å². The van der Waals surface area contributed by atoms with Crippen molar-refractivity contribution in [3.63, 3.8) is 0 Å². The molecule has 0 aliphatic rings. The van der Waals surface area contributed by atoms with E-state index in [2.05, 4.69) is 0 Å². The van der Waals surface area contributed by atoms with E-state index in [1.807, 2.05) is 6.92 Å². The molecule has 100 valence electrons. The number of rotatable bonds is 7. The van der Waals surface area contributed by atoms with Crippen molar-refractivity contribution in [2.24, 2.45) is 11.8 Å². The Morgan fingerprint density at radius 3 is 2.06 bits per heavy atom. The first kappa shape index (κ1) is 15.9. The average Bonchev–Trinajstić information content (AvgIpc) is 2.27. The van der Waals surface area contributed by atoms with Crippen LogP contribution in [0.15, 0.2) is 0 Å². The Morgan fingerprint density at radius 2 is 1.76 bits per heavy atom. The second kappa shape index (κ2) is 7.27. The maximum atomic E-state index is 12.0. The zero-order valence-electron chi connectivity index (χ0n) is 11.0. The molecule has 5 nitrogen and oxygen atoms in total. The lowest BCUT2D eigenvalue weighted by Gasteiger charge is -2.32. The Kier molecular flexibility index (Phi) is 6.80. The van der Waals surface area contributed by atoms with Crippen LogP contribution in [0, 0.1) is 11.8 Å². The molecule has 2 unspecified atom stereocenters. The SMILES string of the molecule is CCC(CO)N(CC(C)C(=O)O)C(=O)C(C)C. The Labute approximate surface area is 102 Å². The molecule has 0 spiro atoms. The van der Waals surface area contributed by atoms with Gasteiger partial charge in [-0.05, 0) is 6.42 Å². The van der Waals surface area contributed by atoms with Crippen molar-refractivity contribution >= 4 is 11.9 Å². The topological polar surface area (TPSA) is 77.8 Å². The number of hydrogen-bond acceptors (Lipinski definition) is 3. The summed E-state index contributed by atoms with van der Waals surface area (Å²) in [4.78, 5) is 24.3. The number of carbonyl (C=O) groups excluding carboxylic acids is 1. The van der Waals surface area contributed by atoms with E-state index in [9.17, 15) is 14.7 Å². The van der Waals surface area contributed by atoms with Crippen LogP contribution in [0.3, 0.4) is 0 Å². The van der Waals surface area contributed by atoms with Gasteiger partial charge in [-0.1, -0.05) is 27.7 Å². The minimum Gasteiger partial charge on any atom is -0.481 e. The van der Waals surface area contributed by atoms with E-state index in [0.29, 0.717) is 6.42 Å². The first-order chi connectivity index (χ1) is 7.84. The maximum absolute atomic E-state index is 12.0. The van der Waals surface area contributed by atoms with Gasteiger partial charge in [-0.2, -0.15) is 0 Å². The highest BCUT2D eigenvalue weighted by atomic mass is 16.4. The van der Waals surface area contributed by atoms with E-state index in [0.717, 1.165) is 0 Å². The normalized spacial score (nSPS) is 14.5. The first-order valence-electron chi connectivity index (χ1n) is 5.99. The highest BCUT2D eigenvalue weighted by Crippen LogP contribution is 2.12. The second-order valence-corrected chi connectivity index (χ2v) is 4.63. The summed E-state index contributed by atoms with van der Waals surface area (Å²) in [5.74, 6) is -1.87. The Hall–Kier alpha value is -1.10. The van der Waals surface area contributed by atoms with Crippen molar-refractivity contribution in [3.05, 3.63) is 0 Å². The fourth-order valence-corrected chi connectivity index (χ4v) is 1.57. The van der Waals surface area contributed by atoms with E-state index < -0.39 is 11.9 Å². The number of hydrogen-bond donors (Lipinski definition) is 2. The summed E-state index contributed by atoms with van der Waals surface area (Å²) in [5, 5.41) is 18.1. The molecule has 0 aromatic carbocycles. The summed E-state index contributed by atoms with van der Waals surface area (Å²) < 4.78 is 0. The summed E-state index contributed by atoms with van der Waals surface area (Å²) in [7, 11) is 0. The lowest BCUT2D eigenvalue weighted by atomic mass is 10.1. The van der Waals surface area contributed by atoms with Gasteiger partial charge in [-0.3, -0.25) is 9.59 Å². The molecule has 0 heterocycles. The van der Waals surface area contributed by atoms with E-state index in [4.69, 9.17) is 5.11 Å². The van der Waals surface area contributed by atoms with E-state index in [-0.39, 0.29) is 31.0 Å². The predicted octanol–water partition coefficient (Wildman–Crippen LogP) is 0.963. The molecule has 0 bridgehead atoms. The van der Waals surface area contributed by atoms with Gasteiger partial charge in [0.15, 0.2) is 0 Å². The monoisotopic (exact) mass is 245 g/mol. The van der Waals surface area contributed by atoms with Crippen molar-refractivity contribution in [2.75, 3.05) is 13.2 Å². The van der Waals surface area contributed by atoms with Crippen LogP contribution in [0.4, 0.5) is 0 Å². The van der Waals surface area contributed by atoms with Gasteiger partial charge in [0.25, 0.3) is 0 Å². The van der Waals surface area contributed by atoms with Crippen LogP contribution in [0.2, 0.25) is 0 Å². The van der Waals surface area contributed by atoms with Crippen LogP contribution in [0.1, 0.15) is 34.1 Å². The largest absolute Gasteiger partial charge is 0.481 e. The average molecular weight is 245 g/mol. The van der Waals surface area contributed by atoms with Gasteiger partial charge in [-0.25, -0.2) is 0 Å². The van der Waals surface area contributed by atoms with Crippen LogP contribution in [-0.4, -0.2) is 46.2 Å². The highest BCUT2D eigenvalue weighted by molar-refractivity contribution is 5.79. The van der Waals surface area contributed by atoms with Gasteiger partial charge in [-0.15, -0.1) is 0 Å². The number of amides is 1. The number of aliphatic hydroxyl groups is 1. The van der Waals surface area contributed by atoms with Crippen molar-refractivity contribution in [1.82, 2.24) is 4.90 Å². The fourth-order valence-electron chi connectivity index (χ4n) is 1.57. The molecule has 1 amide bonds. The maximum Gasteiger partial charge on any atom is 0.308 e.